The number of β-lactam (4-membered cyclic amide) rings is 1. The number of rotatable bonds is 7. The normalized spacial score (nSPS) is 20.9. The van der Waals surface area contributed by atoms with Crippen LogP contribution in [0.25, 0.3) is 0 Å². The van der Waals surface area contributed by atoms with Crippen LogP contribution in [0.5, 0.6) is 0 Å². The summed E-state index contributed by atoms with van der Waals surface area (Å²) in [7, 11) is 2.90. The minimum atomic E-state index is -1.25. The van der Waals surface area contributed by atoms with Crippen LogP contribution >= 0.6 is 23.5 Å². The molecule has 4 heterocycles. The highest BCUT2D eigenvalue weighted by Gasteiger charge is 2.54. The van der Waals surface area contributed by atoms with E-state index in [0.29, 0.717) is 15.8 Å². The molecule has 0 bridgehead atoms. The second-order valence-electron chi connectivity index (χ2n) is 6.22. The van der Waals surface area contributed by atoms with E-state index in [1.54, 1.807) is 13.1 Å². The van der Waals surface area contributed by atoms with Crippen molar-refractivity contribution < 1.29 is 28.7 Å². The number of nitrogens with zero attached hydrogens (tertiary/aromatic N) is 6. The molecule has 162 valence electrons. The van der Waals surface area contributed by atoms with Gasteiger partial charge in [-0.1, -0.05) is 5.16 Å². The molecule has 2 N–H and O–H groups in total. The topological polar surface area (TPSA) is 165 Å². The zero-order valence-corrected chi connectivity index (χ0v) is 17.7. The van der Waals surface area contributed by atoms with E-state index >= 15 is 0 Å². The third-order valence-electron chi connectivity index (χ3n) is 4.37. The predicted molar refractivity (Wildman–Crippen MR) is 107 cm³/mol. The monoisotopic (exact) mass is 465 g/mol. The maximum Gasteiger partial charge on any atom is 0.353 e. The van der Waals surface area contributed by atoms with Gasteiger partial charge in [0, 0.05) is 17.7 Å². The molecule has 1 saturated heterocycles. The second-order valence-corrected chi connectivity index (χ2v) is 8.39. The number of carboxylic acid groups (broad SMARTS) is 1. The average Bonchev–Trinajstić information content (AvgIpc) is 3.41. The molecule has 1 fully saturated rings. The average molecular weight is 465 g/mol. The van der Waals surface area contributed by atoms with Crippen molar-refractivity contribution in [2.45, 2.75) is 16.6 Å². The smallest absolute Gasteiger partial charge is 0.353 e. The summed E-state index contributed by atoms with van der Waals surface area (Å²) in [4.78, 5) is 43.7. The Labute approximate surface area is 182 Å². The van der Waals surface area contributed by atoms with E-state index in [2.05, 4.69) is 26.0 Å². The molecule has 0 unspecified atom stereocenters. The first-order valence-electron chi connectivity index (χ1n) is 8.69. The zero-order chi connectivity index (χ0) is 22.1. The van der Waals surface area contributed by atoms with E-state index < -0.39 is 29.2 Å². The van der Waals surface area contributed by atoms with Crippen LogP contribution in [0.4, 0.5) is 0 Å². The summed E-state index contributed by atoms with van der Waals surface area (Å²) in [5, 5.41) is 26.9. The van der Waals surface area contributed by atoms with Crippen LogP contribution < -0.4 is 5.32 Å². The van der Waals surface area contributed by atoms with Crippen molar-refractivity contribution in [1.29, 1.82) is 0 Å². The van der Waals surface area contributed by atoms with Crippen molar-refractivity contribution >= 4 is 47.0 Å². The van der Waals surface area contributed by atoms with Gasteiger partial charge in [-0.3, -0.25) is 14.5 Å². The number of furan rings is 1. The molecule has 2 aromatic rings. The Morgan fingerprint density at radius 2 is 2.29 bits per heavy atom. The number of carbonyl (C=O) groups is 3. The molecule has 15 heteroatoms. The minimum Gasteiger partial charge on any atom is -0.477 e. The number of hydrogen-bond acceptors (Lipinski definition) is 11. The number of nitrogens with one attached hydrogen (secondary N) is 1. The highest BCUT2D eigenvalue weighted by atomic mass is 32.2. The summed E-state index contributed by atoms with van der Waals surface area (Å²) < 4.78 is 6.58. The van der Waals surface area contributed by atoms with Crippen LogP contribution in [-0.4, -0.2) is 78.0 Å². The van der Waals surface area contributed by atoms with Crippen molar-refractivity contribution in [1.82, 2.24) is 30.4 Å². The predicted octanol–water partition coefficient (Wildman–Crippen LogP) is -0.358. The molecule has 0 saturated carbocycles. The Balaban J connectivity index is 1.54. The standard InChI is InChI=1S/C16H15N7O6S2/c1-22-16(18-20-21-22)31-8-6-30-14-10(13(25)23(14)11(8)15(26)27)17-12(24)9(19-28-2)7-4-3-5-29-7/h3-5,10,14H,6H2,1-2H3,(H,17,24)(H,26,27)/b19-9+/t10-,14-/m1/s1. The number of aliphatic carboxylic acids is 1. The first kappa shape index (κ1) is 20.9. The molecule has 13 nitrogen and oxygen atoms in total. The first-order chi connectivity index (χ1) is 14.9. The van der Waals surface area contributed by atoms with Crippen LogP contribution in [0.2, 0.25) is 0 Å². The number of carboxylic acids is 1. The van der Waals surface area contributed by atoms with Gasteiger partial charge in [-0.15, -0.1) is 16.9 Å². The maximum atomic E-state index is 12.8. The van der Waals surface area contributed by atoms with E-state index in [1.807, 2.05) is 0 Å². The number of hydrogen-bond donors (Lipinski definition) is 2. The summed E-state index contributed by atoms with van der Waals surface area (Å²) in [5.74, 6) is -2.01. The molecule has 0 aromatic carbocycles. The van der Waals surface area contributed by atoms with Crippen LogP contribution in [0.1, 0.15) is 5.76 Å². The van der Waals surface area contributed by atoms with Crippen LogP contribution in [-0.2, 0) is 26.3 Å². The Morgan fingerprint density at radius 3 is 2.90 bits per heavy atom. The van der Waals surface area contributed by atoms with Gasteiger partial charge >= 0.3 is 5.97 Å². The lowest BCUT2D eigenvalue weighted by Crippen LogP contribution is -2.71. The Bertz CT molecular complexity index is 1100. The summed E-state index contributed by atoms with van der Waals surface area (Å²) in [6.45, 7) is 0. The third kappa shape index (κ3) is 3.76. The summed E-state index contributed by atoms with van der Waals surface area (Å²) >= 11 is 2.40. The van der Waals surface area contributed by atoms with Crippen LogP contribution in [0.3, 0.4) is 0 Å². The molecule has 2 aliphatic heterocycles. The molecule has 2 amide bonds. The summed E-state index contributed by atoms with van der Waals surface area (Å²) in [6.07, 6.45) is 1.37. The Hall–Kier alpha value is -3.33. The van der Waals surface area contributed by atoms with Gasteiger partial charge in [0.2, 0.25) is 10.9 Å². The number of aryl methyl sites for hydroxylation is 1. The number of tetrazole rings is 1. The van der Waals surface area contributed by atoms with E-state index in [4.69, 9.17) is 9.25 Å². The van der Waals surface area contributed by atoms with Gasteiger partial charge in [0.15, 0.2) is 5.76 Å². The molecule has 0 spiro atoms. The van der Waals surface area contributed by atoms with Crippen molar-refractivity contribution in [2.24, 2.45) is 12.2 Å². The molecular weight excluding hydrogens is 450 g/mol. The summed E-state index contributed by atoms with van der Waals surface area (Å²) in [5.41, 5.74) is -0.288. The molecule has 2 aliphatic rings. The van der Waals surface area contributed by atoms with E-state index in [9.17, 15) is 19.5 Å². The zero-order valence-electron chi connectivity index (χ0n) is 16.1. The summed E-state index contributed by atoms with van der Waals surface area (Å²) in [6, 6.07) is 2.18. The second kappa shape index (κ2) is 8.43. The number of aromatic nitrogens is 4. The lowest BCUT2D eigenvalue weighted by Gasteiger charge is -2.49. The molecular formula is C16H15N7O6S2. The molecule has 2 aromatic heterocycles. The lowest BCUT2D eigenvalue weighted by molar-refractivity contribution is -0.150. The number of carbonyl (C=O) groups excluding carboxylic acids is 2. The van der Waals surface area contributed by atoms with Crippen molar-refractivity contribution in [3.05, 3.63) is 34.8 Å². The fraction of sp³-hybridized carbons (Fsp3) is 0.312. The van der Waals surface area contributed by atoms with E-state index in [-0.39, 0.29) is 17.2 Å². The molecule has 31 heavy (non-hydrogen) atoms. The number of thioether (sulfide) groups is 2. The van der Waals surface area contributed by atoms with Gasteiger partial charge in [-0.05, 0) is 34.3 Å². The van der Waals surface area contributed by atoms with Gasteiger partial charge < -0.3 is 19.7 Å². The van der Waals surface area contributed by atoms with E-state index in [0.717, 1.165) is 16.7 Å². The van der Waals surface area contributed by atoms with E-state index in [1.165, 1.54) is 35.9 Å². The van der Waals surface area contributed by atoms with Gasteiger partial charge in [-0.2, -0.15) is 0 Å². The number of fused-ring (bicyclic) bond motifs is 1. The fourth-order valence-electron chi connectivity index (χ4n) is 3.00. The lowest BCUT2D eigenvalue weighted by atomic mass is 10.0. The molecule has 4 rings (SSSR count). The van der Waals surface area contributed by atoms with Gasteiger partial charge in [-0.25, -0.2) is 9.48 Å². The largest absolute Gasteiger partial charge is 0.477 e. The Morgan fingerprint density at radius 1 is 1.48 bits per heavy atom. The van der Waals surface area contributed by atoms with Crippen molar-refractivity contribution in [3.63, 3.8) is 0 Å². The van der Waals surface area contributed by atoms with Crippen LogP contribution in [0, 0.1) is 0 Å². The highest BCUT2D eigenvalue weighted by molar-refractivity contribution is 8.06. The van der Waals surface area contributed by atoms with Gasteiger partial charge in [0.05, 0.1) is 6.26 Å². The first-order valence-corrected chi connectivity index (χ1v) is 10.6. The molecule has 2 atom stereocenters. The van der Waals surface area contributed by atoms with Crippen LogP contribution in [0.15, 0.2) is 43.7 Å². The fourth-order valence-corrected chi connectivity index (χ4v) is 5.38. The number of oxime groups is 1. The van der Waals surface area contributed by atoms with Crippen molar-refractivity contribution in [3.8, 4) is 0 Å². The molecule has 0 aliphatic carbocycles. The third-order valence-corrected chi connectivity index (χ3v) is 6.95. The van der Waals surface area contributed by atoms with Gasteiger partial charge in [0.1, 0.15) is 24.2 Å². The number of amides is 2. The van der Waals surface area contributed by atoms with Gasteiger partial charge in [0.25, 0.3) is 11.8 Å². The quantitative estimate of drug-likeness (QED) is 0.312. The molecule has 0 radical (unpaired) electrons. The highest BCUT2D eigenvalue weighted by Crippen LogP contribution is 2.44. The Kier molecular flexibility index (Phi) is 5.69. The van der Waals surface area contributed by atoms with Crippen molar-refractivity contribution in [2.75, 3.05) is 12.9 Å². The minimum absolute atomic E-state index is 0.139. The SMILES string of the molecule is CO/N=C(/C(=O)N[C@@H]1C(=O)N2C(C(=O)O)=C(Sc3nnnn3C)CS[C@H]12)c1ccco1. The maximum absolute atomic E-state index is 12.8.